The molecular formula is C19H21NO6. The van der Waals surface area contributed by atoms with Gasteiger partial charge < -0.3 is 24.3 Å². The first-order valence-corrected chi connectivity index (χ1v) is 7.99. The van der Waals surface area contributed by atoms with Gasteiger partial charge in [0, 0.05) is 0 Å². The monoisotopic (exact) mass is 359 g/mol. The van der Waals surface area contributed by atoms with Crippen molar-refractivity contribution in [3.05, 3.63) is 48.0 Å². The Morgan fingerprint density at radius 2 is 1.69 bits per heavy atom. The molecule has 0 unspecified atom stereocenters. The standard InChI is InChI=1S/C19H21NO6/c1-4-25-16-10-9-13(11-17(16)24-3)19(22)26-12-18(21)20-14-7-5-6-8-15(14)23-2/h5-11H,4,12H2,1-3H3,(H,20,21). The second-order valence-corrected chi connectivity index (χ2v) is 5.12. The highest BCUT2D eigenvalue weighted by molar-refractivity contribution is 5.96. The van der Waals surface area contributed by atoms with Gasteiger partial charge in [0.15, 0.2) is 18.1 Å². The minimum Gasteiger partial charge on any atom is -0.495 e. The molecule has 0 aliphatic heterocycles. The van der Waals surface area contributed by atoms with E-state index in [9.17, 15) is 9.59 Å². The summed E-state index contributed by atoms with van der Waals surface area (Å²) in [4.78, 5) is 24.1. The molecule has 26 heavy (non-hydrogen) atoms. The zero-order chi connectivity index (χ0) is 18.9. The van der Waals surface area contributed by atoms with E-state index in [4.69, 9.17) is 18.9 Å². The molecule has 0 radical (unpaired) electrons. The van der Waals surface area contributed by atoms with Crippen molar-refractivity contribution in [1.29, 1.82) is 0 Å². The number of hydrogen-bond acceptors (Lipinski definition) is 6. The van der Waals surface area contributed by atoms with Gasteiger partial charge in [0.1, 0.15) is 5.75 Å². The number of benzene rings is 2. The zero-order valence-electron chi connectivity index (χ0n) is 14.9. The van der Waals surface area contributed by atoms with Crippen LogP contribution in [0.15, 0.2) is 42.5 Å². The Morgan fingerprint density at radius 1 is 0.962 bits per heavy atom. The summed E-state index contributed by atoms with van der Waals surface area (Å²) in [6.45, 7) is 1.90. The highest BCUT2D eigenvalue weighted by Gasteiger charge is 2.14. The second kappa shape index (κ2) is 9.31. The number of carbonyl (C=O) groups is 2. The van der Waals surface area contributed by atoms with Crippen LogP contribution in [0, 0.1) is 0 Å². The van der Waals surface area contributed by atoms with Gasteiger partial charge in [0.2, 0.25) is 0 Å². The van der Waals surface area contributed by atoms with Crippen molar-refractivity contribution in [2.45, 2.75) is 6.92 Å². The Kier molecular flexibility index (Phi) is 6.84. The number of hydrogen-bond donors (Lipinski definition) is 1. The van der Waals surface area contributed by atoms with E-state index < -0.39 is 18.5 Å². The van der Waals surface area contributed by atoms with Crippen molar-refractivity contribution < 1.29 is 28.5 Å². The molecule has 0 saturated heterocycles. The summed E-state index contributed by atoms with van der Waals surface area (Å²) in [6.07, 6.45) is 0. The highest BCUT2D eigenvalue weighted by Crippen LogP contribution is 2.28. The summed E-state index contributed by atoms with van der Waals surface area (Å²) >= 11 is 0. The Labute approximate surface area is 151 Å². The Balaban J connectivity index is 1.96. The third-order valence-electron chi connectivity index (χ3n) is 3.41. The fourth-order valence-corrected chi connectivity index (χ4v) is 2.22. The van der Waals surface area contributed by atoms with Crippen LogP contribution in [0.2, 0.25) is 0 Å². The number of esters is 1. The number of methoxy groups -OCH3 is 2. The molecule has 1 amide bonds. The highest BCUT2D eigenvalue weighted by atomic mass is 16.5. The minimum atomic E-state index is -0.637. The van der Waals surface area contributed by atoms with Crippen molar-refractivity contribution in [3.63, 3.8) is 0 Å². The molecule has 2 rings (SSSR count). The number of carbonyl (C=O) groups excluding carboxylic acids is 2. The van der Waals surface area contributed by atoms with Gasteiger partial charge in [-0.1, -0.05) is 12.1 Å². The lowest BCUT2D eigenvalue weighted by Gasteiger charge is -2.11. The van der Waals surface area contributed by atoms with Crippen LogP contribution in [-0.4, -0.2) is 39.3 Å². The van der Waals surface area contributed by atoms with E-state index in [-0.39, 0.29) is 5.56 Å². The van der Waals surface area contributed by atoms with E-state index >= 15 is 0 Å². The van der Waals surface area contributed by atoms with Crippen LogP contribution in [0.5, 0.6) is 17.2 Å². The van der Waals surface area contributed by atoms with Crippen molar-refractivity contribution in [2.75, 3.05) is 32.8 Å². The van der Waals surface area contributed by atoms with Crippen LogP contribution in [-0.2, 0) is 9.53 Å². The van der Waals surface area contributed by atoms with Crippen LogP contribution in [0.4, 0.5) is 5.69 Å². The van der Waals surface area contributed by atoms with Gasteiger partial charge in [0.25, 0.3) is 5.91 Å². The van der Waals surface area contributed by atoms with E-state index in [1.165, 1.54) is 20.3 Å². The molecule has 2 aromatic rings. The number of nitrogens with one attached hydrogen (secondary N) is 1. The van der Waals surface area contributed by atoms with Gasteiger partial charge in [-0.05, 0) is 37.3 Å². The molecule has 7 heteroatoms. The summed E-state index contributed by atoms with van der Waals surface area (Å²) < 4.78 is 20.8. The van der Waals surface area contributed by atoms with E-state index in [1.54, 1.807) is 36.4 Å². The van der Waals surface area contributed by atoms with Crippen LogP contribution in [0.25, 0.3) is 0 Å². The van der Waals surface area contributed by atoms with Gasteiger partial charge in [-0.2, -0.15) is 0 Å². The lowest BCUT2D eigenvalue weighted by molar-refractivity contribution is -0.119. The molecule has 0 spiro atoms. The lowest BCUT2D eigenvalue weighted by Crippen LogP contribution is -2.21. The van der Waals surface area contributed by atoms with Crippen molar-refractivity contribution >= 4 is 17.6 Å². The van der Waals surface area contributed by atoms with Gasteiger partial charge >= 0.3 is 5.97 Å². The first-order valence-electron chi connectivity index (χ1n) is 7.99. The predicted octanol–water partition coefficient (Wildman–Crippen LogP) is 2.90. The molecule has 138 valence electrons. The maximum absolute atomic E-state index is 12.1. The molecule has 0 bridgehead atoms. The third-order valence-corrected chi connectivity index (χ3v) is 3.41. The minimum absolute atomic E-state index is 0.260. The summed E-state index contributed by atoms with van der Waals surface area (Å²) in [5, 5.41) is 2.63. The third kappa shape index (κ3) is 4.89. The summed E-state index contributed by atoms with van der Waals surface area (Å²) in [5.74, 6) is 0.353. The zero-order valence-corrected chi connectivity index (χ0v) is 14.9. The van der Waals surface area contributed by atoms with Gasteiger partial charge in [-0.3, -0.25) is 4.79 Å². The number of rotatable bonds is 8. The molecule has 0 aliphatic carbocycles. The van der Waals surface area contributed by atoms with Crippen LogP contribution < -0.4 is 19.5 Å². The quantitative estimate of drug-likeness (QED) is 0.730. The Morgan fingerprint density at radius 3 is 2.38 bits per heavy atom. The average molecular weight is 359 g/mol. The van der Waals surface area contributed by atoms with Crippen molar-refractivity contribution in [2.24, 2.45) is 0 Å². The molecule has 1 N–H and O–H groups in total. The first-order chi connectivity index (χ1) is 12.6. The molecule has 0 atom stereocenters. The normalized spacial score (nSPS) is 9.96. The molecule has 0 fully saturated rings. The summed E-state index contributed by atoms with van der Waals surface area (Å²) in [5.41, 5.74) is 0.759. The van der Waals surface area contributed by atoms with E-state index in [2.05, 4.69) is 5.32 Å². The Hall–Kier alpha value is -3.22. The maximum atomic E-state index is 12.1. The topological polar surface area (TPSA) is 83.1 Å². The molecule has 2 aromatic carbocycles. The number of anilines is 1. The fourth-order valence-electron chi connectivity index (χ4n) is 2.22. The molecule has 0 heterocycles. The molecule has 0 aliphatic rings. The second-order valence-electron chi connectivity index (χ2n) is 5.12. The maximum Gasteiger partial charge on any atom is 0.338 e. The predicted molar refractivity (Wildman–Crippen MR) is 96.1 cm³/mol. The lowest BCUT2D eigenvalue weighted by atomic mass is 10.2. The van der Waals surface area contributed by atoms with Gasteiger partial charge in [-0.15, -0.1) is 0 Å². The van der Waals surface area contributed by atoms with E-state index in [1.807, 2.05) is 6.92 Å². The molecule has 0 saturated carbocycles. The van der Waals surface area contributed by atoms with E-state index in [0.29, 0.717) is 29.5 Å². The van der Waals surface area contributed by atoms with Crippen LogP contribution >= 0.6 is 0 Å². The summed E-state index contributed by atoms with van der Waals surface area (Å²) in [7, 11) is 2.98. The summed E-state index contributed by atoms with van der Waals surface area (Å²) in [6, 6.07) is 11.6. The number of ether oxygens (including phenoxy) is 4. The molecule has 7 nitrogen and oxygen atoms in total. The van der Waals surface area contributed by atoms with Crippen molar-refractivity contribution in [1.82, 2.24) is 0 Å². The van der Waals surface area contributed by atoms with Gasteiger partial charge in [-0.25, -0.2) is 4.79 Å². The average Bonchev–Trinajstić information content (AvgIpc) is 2.67. The smallest absolute Gasteiger partial charge is 0.338 e. The van der Waals surface area contributed by atoms with Crippen molar-refractivity contribution in [3.8, 4) is 17.2 Å². The van der Waals surface area contributed by atoms with Crippen LogP contribution in [0.1, 0.15) is 17.3 Å². The molecular weight excluding hydrogens is 338 g/mol. The SMILES string of the molecule is CCOc1ccc(C(=O)OCC(=O)Nc2ccccc2OC)cc1OC. The van der Waals surface area contributed by atoms with Gasteiger partial charge in [0.05, 0.1) is 32.1 Å². The fraction of sp³-hybridized carbons (Fsp3) is 0.263. The van der Waals surface area contributed by atoms with Crippen LogP contribution in [0.3, 0.4) is 0 Å². The number of amides is 1. The first kappa shape index (κ1) is 19.1. The Bertz CT molecular complexity index is 774. The van der Waals surface area contributed by atoms with E-state index in [0.717, 1.165) is 0 Å². The molecule has 0 aromatic heterocycles. The number of para-hydroxylation sites is 2. The largest absolute Gasteiger partial charge is 0.495 e.